The van der Waals surface area contributed by atoms with Gasteiger partial charge < -0.3 is 114 Å². The maximum atomic E-state index is 15.1. The van der Waals surface area contributed by atoms with Crippen molar-refractivity contribution in [3.8, 4) is 22.3 Å². The highest BCUT2D eigenvalue weighted by Crippen LogP contribution is 2.44. The predicted molar refractivity (Wildman–Crippen MR) is 514 cm³/mol. The average molecular weight is 2150 g/mol. The smallest absolute Gasteiger partial charge is 0.481 e. The topological polar surface area (TPSA) is 678 Å². The van der Waals surface area contributed by atoms with Crippen LogP contribution < -0.4 is 44.2 Å². The molecule has 10 atom stereocenters. The molecule has 0 fully saturated rings. The van der Waals surface area contributed by atoms with Crippen LogP contribution in [0, 0.1) is 34.1 Å². The number of nitrogens with one attached hydrogen (secondary N) is 4. The molecule has 0 aliphatic carbocycles. The molecule has 0 bridgehead atoms. The minimum atomic E-state index is -5.08. The van der Waals surface area contributed by atoms with Gasteiger partial charge in [-0.05, 0) is 109 Å². The third-order valence-electron chi connectivity index (χ3n) is 21.8. The molecule has 22 N–H and O–H groups in total. The number of hydrogen-bond acceptors (Lipinski definition) is 26. The largest absolute Gasteiger partial charge is 0.490 e. The summed E-state index contributed by atoms with van der Waals surface area (Å²) < 4.78 is 126. The fraction of sp³-hybridized carbons (Fsp3) is 0.479. The summed E-state index contributed by atoms with van der Waals surface area (Å²) in [6, 6.07) is 19.2. The summed E-state index contributed by atoms with van der Waals surface area (Å²) in [6.07, 6.45) is -11.5. The number of aliphatic hydroxyl groups excluding tert-OH is 2. The van der Waals surface area contributed by atoms with E-state index < -0.39 is 276 Å². The Bertz CT molecular complexity index is 5200. The minimum Gasteiger partial charge on any atom is -0.481 e. The average Bonchev–Trinajstić information content (AvgIpc) is 1.64. The number of ketones is 4. The van der Waals surface area contributed by atoms with Gasteiger partial charge in [0.25, 0.3) is 0 Å². The molecule has 6 amide bonds. The highest BCUT2D eigenvalue weighted by Gasteiger charge is 2.43. The number of halogens is 10. The second-order valence-electron chi connectivity index (χ2n) is 35.7. The van der Waals surface area contributed by atoms with Gasteiger partial charge in [-0.25, -0.2) is 27.2 Å². The SMILES string of the molecule is CC(C)(C)[C@H](c1cc(-c2cc(F)ccc2F)cn1Cc1ccccc1)N(CC[C@H](N)C(=O)NCCCC(=O)[C@@H](CCC(=O)O)NC(=O)CCC(=O)C[C@@H](SC[C@H](N)C(=O)O)C(=O)O)C(=O)CO.CC(C)(C)[C@H](c1cc(-c2cc(F)ccc2F)cn1Cc1ccccc1)N(CC[C@H](N)C(=O)NCCCC(=O)[C@@H](CCC(=O)O)NC(=O)CCC(=O)C[C@H](SC[C@H](N)C(=O)O)C(=O)O)C(=O)CO.O=C(O)C(F)(F)F.O=C(O)C(F)(F)F. The van der Waals surface area contributed by atoms with Gasteiger partial charge in [-0.2, -0.15) is 26.3 Å². The summed E-state index contributed by atoms with van der Waals surface area (Å²) in [4.78, 5) is 218. The molecular weight excluding hydrogens is 2020 g/mol. The third kappa shape index (κ3) is 46.3. The van der Waals surface area contributed by atoms with Crippen LogP contribution in [0.3, 0.4) is 0 Å². The zero-order valence-corrected chi connectivity index (χ0v) is 82.9. The van der Waals surface area contributed by atoms with E-state index in [-0.39, 0.29) is 100 Å². The molecule has 0 unspecified atom stereocenters. The van der Waals surface area contributed by atoms with Crippen LogP contribution in [0.1, 0.15) is 179 Å². The molecule has 0 radical (unpaired) electrons. The molecule has 2 heterocycles. The summed E-state index contributed by atoms with van der Waals surface area (Å²) in [7, 11) is 0. The number of rotatable bonds is 58. The zero-order valence-electron chi connectivity index (χ0n) is 81.2. The number of thioether (sulfide) groups is 2. The number of carboxylic acids is 8. The number of Topliss-reactive ketones (excluding diaryl/α,β-unsaturated/α-hetero) is 4. The number of carbonyl (C=O) groups is 18. The Balaban J connectivity index is 0.000000671. The van der Waals surface area contributed by atoms with E-state index in [1.165, 1.54) is 9.80 Å². The summed E-state index contributed by atoms with van der Waals surface area (Å²) in [5.41, 5.74) is 25.5. The molecule has 40 nitrogen and oxygen atoms in total. The maximum Gasteiger partial charge on any atom is 0.490 e. The lowest BCUT2D eigenvalue weighted by Gasteiger charge is -2.41. The molecule has 148 heavy (non-hydrogen) atoms. The van der Waals surface area contributed by atoms with E-state index in [0.717, 1.165) is 47.5 Å². The lowest BCUT2D eigenvalue weighted by molar-refractivity contribution is -0.193. The van der Waals surface area contributed by atoms with Crippen molar-refractivity contribution in [1.82, 2.24) is 40.2 Å². The van der Waals surface area contributed by atoms with Gasteiger partial charge in [-0.3, -0.25) is 76.7 Å². The standard InChI is InChI=1S/2C46H60F2N6O12S.2C2HF3O2/c2*1-46(2,3)42(36-20-28(31-21-29(47)11-13-32(31)48)24-53(36)23-27-8-5-4-6-9-27)54(40(59)25-55)19-17-33(49)43(62)51-18-7-10-37(57)35(14-16-41(60)61)52-39(58)15-12-30(56)22-38(45(65)66)67-26-34(50)44(63)64;2*3-2(4,5)1(6)7/h2*4-6,8-9,11,13,20-21,24,33-35,38,42,55H,7,10,12,14-19,22-23,25-26,49-50H2,1-3H3,(H,51,62)(H,52,58)(H,60,61)(H,63,64)(H,65,66);2*(H,6,7)/t33-,34-,35+,38+,42-;33-,34-,35+,38-,42-;;/m00../s1. The minimum absolute atomic E-state index is 0.00942. The van der Waals surface area contributed by atoms with Gasteiger partial charge in [-0.15, -0.1) is 23.5 Å². The van der Waals surface area contributed by atoms with Crippen LogP contribution in [0.25, 0.3) is 22.3 Å². The first kappa shape index (κ1) is 129. The van der Waals surface area contributed by atoms with E-state index in [9.17, 15) is 142 Å². The number of hydrogen-bond donors (Lipinski definition) is 18. The summed E-state index contributed by atoms with van der Waals surface area (Å²) in [5.74, 6) is -23.0. The number of nitrogens with two attached hydrogens (primary N) is 4. The van der Waals surface area contributed by atoms with Crippen LogP contribution in [0.5, 0.6) is 0 Å². The first-order chi connectivity index (χ1) is 68.9. The molecule has 816 valence electrons. The van der Waals surface area contributed by atoms with Crippen molar-refractivity contribution in [2.45, 2.75) is 229 Å². The third-order valence-corrected chi connectivity index (χ3v) is 24.4. The van der Waals surface area contributed by atoms with Crippen LogP contribution in [-0.4, -0.2) is 286 Å². The second-order valence-corrected chi connectivity index (χ2v) is 38.2. The van der Waals surface area contributed by atoms with Crippen molar-refractivity contribution < 1.29 is 181 Å². The number of benzene rings is 4. The highest BCUT2D eigenvalue weighted by atomic mass is 32.2. The molecule has 0 spiro atoms. The summed E-state index contributed by atoms with van der Waals surface area (Å²) in [5, 5.41) is 97.2. The summed E-state index contributed by atoms with van der Waals surface area (Å²) in [6.45, 7) is 9.75. The van der Waals surface area contributed by atoms with Crippen molar-refractivity contribution >= 4 is 130 Å². The van der Waals surface area contributed by atoms with Crippen molar-refractivity contribution in [2.75, 3.05) is 50.9 Å². The van der Waals surface area contributed by atoms with E-state index in [4.69, 9.17) is 52.9 Å². The Morgan fingerprint density at radius 2 is 0.723 bits per heavy atom. The molecule has 2 aromatic heterocycles. The first-order valence-corrected chi connectivity index (χ1v) is 47.7. The van der Waals surface area contributed by atoms with E-state index >= 15 is 8.78 Å². The number of amides is 6. The van der Waals surface area contributed by atoms with Gasteiger partial charge in [0.2, 0.25) is 35.4 Å². The molecule has 4 aromatic carbocycles. The lowest BCUT2D eigenvalue weighted by atomic mass is 9.82. The Kier molecular flexibility index (Phi) is 53.8. The molecule has 0 aliphatic heterocycles. The number of aliphatic hydroxyl groups is 2. The fourth-order valence-corrected chi connectivity index (χ4v) is 16.5. The van der Waals surface area contributed by atoms with Gasteiger partial charge in [0, 0.05) is 161 Å². The monoisotopic (exact) mass is 2140 g/mol. The number of aromatic nitrogens is 2. The van der Waals surface area contributed by atoms with Crippen molar-refractivity contribution in [2.24, 2.45) is 33.8 Å². The quantitative estimate of drug-likeness (QED) is 0.0128. The Morgan fingerprint density at radius 1 is 0.405 bits per heavy atom. The van der Waals surface area contributed by atoms with Gasteiger partial charge >= 0.3 is 60.1 Å². The Labute approximate surface area is 850 Å². The molecule has 52 heteroatoms. The summed E-state index contributed by atoms with van der Waals surface area (Å²) >= 11 is 1.34. The van der Waals surface area contributed by atoms with E-state index in [0.29, 0.717) is 59.1 Å². The van der Waals surface area contributed by atoms with E-state index in [1.54, 1.807) is 24.5 Å². The van der Waals surface area contributed by atoms with Crippen molar-refractivity contribution in [3.63, 3.8) is 0 Å². The first-order valence-electron chi connectivity index (χ1n) is 45.6. The van der Waals surface area contributed by atoms with Crippen molar-refractivity contribution in [1.29, 1.82) is 0 Å². The number of alkyl halides is 6. The predicted octanol–water partition coefficient (Wildman–Crippen LogP) is 7.79. The van der Waals surface area contributed by atoms with Gasteiger partial charge in [0.15, 0.2) is 11.6 Å². The Hall–Kier alpha value is -13.5. The van der Waals surface area contributed by atoms with Crippen LogP contribution >= 0.6 is 23.5 Å². The van der Waals surface area contributed by atoms with Crippen molar-refractivity contribution in [3.05, 3.63) is 167 Å². The molecule has 0 saturated heterocycles. The number of aliphatic carboxylic acids is 8. The zero-order chi connectivity index (χ0) is 112. The number of nitrogens with zero attached hydrogens (tertiary/aromatic N) is 4. The highest BCUT2D eigenvalue weighted by molar-refractivity contribution is 8.00. The van der Waals surface area contributed by atoms with Crippen LogP contribution in [0.2, 0.25) is 0 Å². The van der Waals surface area contributed by atoms with Crippen LogP contribution in [0.15, 0.2) is 122 Å². The van der Waals surface area contributed by atoms with Gasteiger partial charge in [0.1, 0.15) is 70.6 Å². The number of carbonyl (C=O) groups excluding carboxylic acids is 10. The fourth-order valence-electron chi connectivity index (χ4n) is 14.4. The van der Waals surface area contributed by atoms with Crippen LogP contribution in [-0.2, 0) is 99.4 Å². The van der Waals surface area contributed by atoms with Gasteiger partial charge in [-0.1, -0.05) is 102 Å². The Morgan fingerprint density at radius 3 is 1.00 bits per heavy atom. The molecule has 0 saturated carbocycles. The normalized spacial score (nSPS) is 13.4. The van der Waals surface area contributed by atoms with E-state index in [2.05, 4.69) is 21.3 Å². The maximum absolute atomic E-state index is 15.1. The molecule has 6 rings (SSSR count). The second kappa shape index (κ2) is 61.9. The van der Waals surface area contributed by atoms with Gasteiger partial charge in [0.05, 0.1) is 36.3 Å². The molecular formula is C96H122F10N12O28S2. The molecule has 6 aromatic rings. The lowest BCUT2D eigenvalue weighted by Crippen LogP contribution is -2.47. The van der Waals surface area contributed by atoms with Crippen LogP contribution in [0.4, 0.5) is 43.9 Å². The number of carboxylic acid groups (broad SMARTS) is 8. The molecule has 0 aliphatic rings. The van der Waals surface area contributed by atoms with E-state index in [1.807, 2.05) is 111 Å².